The fourth-order valence-electron chi connectivity index (χ4n) is 2.45. The summed E-state index contributed by atoms with van der Waals surface area (Å²) in [5.74, 6) is 0.609. The SMILES string of the molecule is CC.C\C=C/C=C(\C=C/C)C(C(C)=O)C1=CC=CC(C)C1. The monoisotopic (exact) mass is 286 g/mol. The topological polar surface area (TPSA) is 17.1 Å². The van der Waals surface area contributed by atoms with Gasteiger partial charge in [0.05, 0.1) is 5.92 Å². The molecule has 0 spiro atoms. The van der Waals surface area contributed by atoms with Crippen molar-refractivity contribution in [1.82, 2.24) is 0 Å². The summed E-state index contributed by atoms with van der Waals surface area (Å²) in [7, 11) is 0. The molecule has 0 heterocycles. The molecule has 0 saturated heterocycles. The van der Waals surface area contributed by atoms with Gasteiger partial charge in [0.25, 0.3) is 0 Å². The summed E-state index contributed by atoms with van der Waals surface area (Å²) in [6, 6.07) is 0. The van der Waals surface area contributed by atoms with Crippen molar-refractivity contribution in [2.24, 2.45) is 11.8 Å². The molecular weight excluding hydrogens is 256 g/mol. The second kappa shape index (κ2) is 11.1. The summed E-state index contributed by atoms with van der Waals surface area (Å²) < 4.78 is 0. The van der Waals surface area contributed by atoms with E-state index in [4.69, 9.17) is 0 Å². The van der Waals surface area contributed by atoms with Gasteiger partial charge in [0.15, 0.2) is 0 Å². The van der Waals surface area contributed by atoms with E-state index in [0.717, 1.165) is 12.0 Å². The Labute approximate surface area is 130 Å². The average Bonchev–Trinajstić information content (AvgIpc) is 2.47. The normalized spacial score (nSPS) is 20.2. The Morgan fingerprint density at radius 3 is 2.43 bits per heavy atom. The van der Waals surface area contributed by atoms with Gasteiger partial charge in [-0.05, 0) is 38.7 Å². The number of rotatable bonds is 5. The fraction of sp³-hybridized carbons (Fsp3) is 0.450. The predicted molar refractivity (Wildman–Crippen MR) is 94.2 cm³/mol. The Kier molecular flexibility index (Phi) is 10.2. The van der Waals surface area contributed by atoms with E-state index in [1.807, 2.05) is 58.1 Å². The number of hydrogen-bond donors (Lipinski definition) is 0. The molecule has 2 atom stereocenters. The van der Waals surface area contributed by atoms with Crippen molar-refractivity contribution in [2.75, 3.05) is 0 Å². The summed E-state index contributed by atoms with van der Waals surface area (Å²) in [5.41, 5.74) is 2.29. The van der Waals surface area contributed by atoms with Crippen LogP contribution < -0.4 is 0 Å². The van der Waals surface area contributed by atoms with Crippen LogP contribution in [0.2, 0.25) is 0 Å². The highest BCUT2D eigenvalue weighted by Gasteiger charge is 2.23. The Morgan fingerprint density at radius 2 is 1.95 bits per heavy atom. The third-order valence-corrected chi connectivity index (χ3v) is 3.26. The third-order valence-electron chi connectivity index (χ3n) is 3.26. The molecule has 0 amide bonds. The highest BCUT2D eigenvalue weighted by atomic mass is 16.1. The van der Waals surface area contributed by atoms with Crippen LogP contribution in [-0.2, 0) is 4.79 Å². The maximum absolute atomic E-state index is 12.1. The van der Waals surface area contributed by atoms with Crippen molar-refractivity contribution in [3.63, 3.8) is 0 Å². The Bertz CT molecular complexity index is 458. The molecule has 0 aromatic rings. The first-order valence-corrected chi connectivity index (χ1v) is 7.93. The number of Topliss-reactive ketones (excluding diaryl/α,β-unsaturated/α-hetero) is 1. The van der Waals surface area contributed by atoms with Gasteiger partial charge in [-0.3, -0.25) is 4.79 Å². The van der Waals surface area contributed by atoms with E-state index in [9.17, 15) is 4.79 Å². The molecule has 0 aromatic heterocycles. The van der Waals surface area contributed by atoms with Crippen molar-refractivity contribution in [3.8, 4) is 0 Å². The number of ketones is 1. The average molecular weight is 286 g/mol. The van der Waals surface area contributed by atoms with Crippen LogP contribution in [0.25, 0.3) is 0 Å². The van der Waals surface area contributed by atoms with Gasteiger partial charge in [-0.1, -0.05) is 75.0 Å². The van der Waals surface area contributed by atoms with Crippen LogP contribution in [0.3, 0.4) is 0 Å². The minimum atomic E-state index is -0.111. The minimum absolute atomic E-state index is 0.111. The molecule has 1 heteroatoms. The largest absolute Gasteiger partial charge is 0.299 e. The first-order chi connectivity index (χ1) is 10.1. The molecule has 116 valence electrons. The van der Waals surface area contributed by atoms with E-state index in [-0.39, 0.29) is 11.7 Å². The summed E-state index contributed by atoms with van der Waals surface area (Å²) in [4.78, 5) is 12.1. The van der Waals surface area contributed by atoms with E-state index < -0.39 is 0 Å². The predicted octanol–water partition coefficient (Wildman–Crippen LogP) is 5.82. The van der Waals surface area contributed by atoms with Crippen LogP contribution in [-0.4, -0.2) is 5.78 Å². The quantitative estimate of drug-likeness (QED) is 0.582. The maximum Gasteiger partial charge on any atom is 0.141 e. The highest BCUT2D eigenvalue weighted by Crippen LogP contribution is 2.30. The molecule has 0 bridgehead atoms. The van der Waals surface area contributed by atoms with Gasteiger partial charge < -0.3 is 0 Å². The van der Waals surface area contributed by atoms with Crippen molar-refractivity contribution >= 4 is 5.78 Å². The lowest BCUT2D eigenvalue weighted by Gasteiger charge is -2.23. The molecule has 1 nitrogen and oxygen atoms in total. The summed E-state index contributed by atoms with van der Waals surface area (Å²) in [5, 5.41) is 0. The van der Waals surface area contributed by atoms with E-state index in [1.54, 1.807) is 6.92 Å². The molecular formula is C20H30O. The fourth-order valence-corrected chi connectivity index (χ4v) is 2.45. The zero-order chi connectivity index (χ0) is 16.3. The standard InChI is InChI=1S/C18H24O.C2H6/c1-5-7-11-16(9-6-2)18(15(4)19)17-12-8-10-14(3)13-17;1-2/h5-12,14,18H,13H2,1-4H3;1-2H3/b7-5-,9-6-,16-11+;. The van der Waals surface area contributed by atoms with Crippen LogP contribution in [0.15, 0.2) is 59.8 Å². The summed E-state index contributed by atoms with van der Waals surface area (Å²) >= 11 is 0. The van der Waals surface area contributed by atoms with Gasteiger partial charge in [0.2, 0.25) is 0 Å². The first-order valence-electron chi connectivity index (χ1n) is 7.93. The molecule has 2 unspecified atom stereocenters. The Balaban J connectivity index is 0.00000191. The lowest BCUT2D eigenvalue weighted by atomic mass is 9.80. The van der Waals surface area contributed by atoms with Gasteiger partial charge in [0, 0.05) is 0 Å². The molecule has 0 N–H and O–H groups in total. The van der Waals surface area contributed by atoms with Gasteiger partial charge >= 0.3 is 0 Å². The van der Waals surface area contributed by atoms with Gasteiger partial charge in [-0.2, -0.15) is 0 Å². The molecule has 0 fully saturated rings. The van der Waals surface area contributed by atoms with Crippen molar-refractivity contribution < 1.29 is 4.79 Å². The minimum Gasteiger partial charge on any atom is -0.299 e. The third kappa shape index (κ3) is 6.57. The molecule has 1 aliphatic rings. The Morgan fingerprint density at radius 1 is 1.29 bits per heavy atom. The van der Waals surface area contributed by atoms with Gasteiger partial charge in [0.1, 0.15) is 5.78 Å². The second-order valence-corrected chi connectivity index (χ2v) is 5.04. The van der Waals surface area contributed by atoms with Gasteiger partial charge in [-0.15, -0.1) is 0 Å². The molecule has 0 radical (unpaired) electrons. The van der Waals surface area contributed by atoms with Crippen molar-refractivity contribution in [1.29, 1.82) is 0 Å². The van der Waals surface area contributed by atoms with Crippen LogP contribution in [0.1, 0.15) is 48.0 Å². The van der Waals surface area contributed by atoms with Crippen LogP contribution in [0, 0.1) is 11.8 Å². The molecule has 1 rings (SSSR count). The van der Waals surface area contributed by atoms with Gasteiger partial charge in [-0.25, -0.2) is 0 Å². The number of hydrogen-bond acceptors (Lipinski definition) is 1. The van der Waals surface area contributed by atoms with Crippen LogP contribution >= 0.6 is 0 Å². The second-order valence-electron chi connectivity index (χ2n) is 5.04. The van der Waals surface area contributed by atoms with Crippen LogP contribution in [0.4, 0.5) is 0 Å². The van der Waals surface area contributed by atoms with Crippen molar-refractivity contribution in [3.05, 3.63) is 59.8 Å². The zero-order valence-electron chi connectivity index (χ0n) is 14.4. The van der Waals surface area contributed by atoms with E-state index in [1.165, 1.54) is 5.57 Å². The summed E-state index contributed by atoms with van der Waals surface area (Å²) in [6.07, 6.45) is 17.4. The zero-order valence-corrected chi connectivity index (χ0v) is 14.4. The molecule has 21 heavy (non-hydrogen) atoms. The molecule has 0 aliphatic heterocycles. The lowest BCUT2D eigenvalue weighted by molar-refractivity contribution is -0.118. The Hall–Kier alpha value is -1.63. The van der Waals surface area contributed by atoms with E-state index >= 15 is 0 Å². The first kappa shape index (κ1) is 19.4. The number of allylic oxidation sites excluding steroid dienone is 10. The maximum atomic E-state index is 12.1. The van der Waals surface area contributed by atoms with E-state index in [2.05, 4.69) is 25.2 Å². The smallest absolute Gasteiger partial charge is 0.141 e. The number of carbonyl (C=O) groups is 1. The van der Waals surface area contributed by atoms with E-state index in [0.29, 0.717) is 5.92 Å². The summed E-state index contributed by atoms with van der Waals surface area (Å²) in [6.45, 7) is 11.8. The molecule has 0 aromatic carbocycles. The number of carbonyl (C=O) groups excluding carboxylic acids is 1. The molecule has 0 saturated carbocycles. The molecule has 1 aliphatic carbocycles. The lowest BCUT2D eigenvalue weighted by Crippen LogP contribution is -2.18. The highest BCUT2D eigenvalue weighted by molar-refractivity contribution is 5.85. The van der Waals surface area contributed by atoms with Crippen molar-refractivity contribution in [2.45, 2.75) is 48.0 Å². The van der Waals surface area contributed by atoms with Crippen LogP contribution in [0.5, 0.6) is 0 Å².